The summed E-state index contributed by atoms with van der Waals surface area (Å²) in [5.41, 5.74) is 4.77. The van der Waals surface area contributed by atoms with Crippen molar-refractivity contribution in [3.63, 3.8) is 0 Å². The fourth-order valence-corrected chi connectivity index (χ4v) is 2.13. The van der Waals surface area contributed by atoms with Gasteiger partial charge in [-0.25, -0.2) is 5.43 Å². The van der Waals surface area contributed by atoms with Gasteiger partial charge in [0, 0.05) is 22.8 Å². The van der Waals surface area contributed by atoms with Crippen molar-refractivity contribution in [1.82, 2.24) is 5.43 Å². The molecular formula is C16H15ClN4O3. The molecular weight excluding hydrogens is 332 g/mol. The molecule has 0 saturated carbocycles. The summed E-state index contributed by atoms with van der Waals surface area (Å²) in [5.74, 6) is -0.317. The Morgan fingerprint density at radius 2 is 2.00 bits per heavy atom. The zero-order chi connectivity index (χ0) is 17.5. The molecule has 124 valence electrons. The number of nitrogens with zero attached hydrogens (tertiary/aromatic N) is 2. The lowest BCUT2D eigenvalue weighted by atomic mass is 10.2. The summed E-state index contributed by atoms with van der Waals surface area (Å²) in [6.45, 7) is 1.94. The highest BCUT2D eigenvalue weighted by Gasteiger charge is 2.04. The molecule has 0 aromatic heterocycles. The van der Waals surface area contributed by atoms with Gasteiger partial charge in [0.25, 0.3) is 11.6 Å². The predicted molar refractivity (Wildman–Crippen MR) is 93.5 cm³/mol. The number of aryl methyl sites for hydroxylation is 1. The maximum atomic E-state index is 11.7. The van der Waals surface area contributed by atoms with Gasteiger partial charge >= 0.3 is 0 Å². The molecule has 0 aliphatic carbocycles. The van der Waals surface area contributed by atoms with Gasteiger partial charge in [-0.2, -0.15) is 5.10 Å². The summed E-state index contributed by atoms with van der Waals surface area (Å²) in [7, 11) is 0. The predicted octanol–water partition coefficient (Wildman–Crippen LogP) is 3.12. The number of hydrogen-bond donors (Lipinski definition) is 2. The van der Waals surface area contributed by atoms with Gasteiger partial charge in [0.05, 0.1) is 17.7 Å². The van der Waals surface area contributed by atoms with Crippen LogP contribution in [0.4, 0.5) is 11.4 Å². The number of carbonyl (C=O) groups is 1. The standard InChI is InChI=1S/C16H15ClN4O3/c1-11-8-13(17)4-7-15(11)18-10-16(22)20-19-9-12-2-5-14(6-3-12)21(23)24/h2-9,18H,10H2,1H3,(H,20,22). The van der Waals surface area contributed by atoms with E-state index in [2.05, 4.69) is 15.8 Å². The number of halogens is 1. The SMILES string of the molecule is Cc1cc(Cl)ccc1NCC(=O)NN=Cc1ccc([N+](=O)[O-])cc1. The van der Waals surface area contributed by atoms with Crippen LogP contribution in [0.2, 0.25) is 5.02 Å². The third-order valence-corrected chi connectivity index (χ3v) is 3.37. The molecule has 8 heteroatoms. The first-order valence-corrected chi connectivity index (χ1v) is 7.40. The van der Waals surface area contributed by atoms with E-state index in [0.29, 0.717) is 10.6 Å². The van der Waals surface area contributed by atoms with Crippen molar-refractivity contribution in [3.05, 3.63) is 68.7 Å². The monoisotopic (exact) mass is 346 g/mol. The summed E-state index contributed by atoms with van der Waals surface area (Å²) < 4.78 is 0. The molecule has 2 rings (SSSR count). The van der Waals surface area contributed by atoms with Crippen molar-refractivity contribution < 1.29 is 9.72 Å². The van der Waals surface area contributed by atoms with Gasteiger partial charge in [-0.05, 0) is 48.4 Å². The first kappa shape index (κ1) is 17.4. The molecule has 0 bridgehead atoms. The third-order valence-electron chi connectivity index (χ3n) is 3.13. The summed E-state index contributed by atoms with van der Waals surface area (Å²) in [6, 6.07) is 11.2. The van der Waals surface area contributed by atoms with Gasteiger partial charge in [0.15, 0.2) is 0 Å². The molecule has 0 aliphatic rings. The molecule has 0 unspecified atom stereocenters. The molecule has 0 radical (unpaired) electrons. The second-order valence-electron chi connectivity index (χ2n) is 4.95. The van der Waals surface area contributed by atoms with E-state index in [4.69, 9.17) is 11.6 Å². The summed E-state index contributed by atoms with van der Waals surface area (Å²) in [5, 5.41) is 18.0. The Kier molecular flexibility index (Phi) is 5.86. The van der Waals surface area contributed by atoms with Gasteiger partial charge in [-0.3, -0.25) is 14.9 Å². The van der Waals surface area contributed by atoms with E-state index >= 15 is 0 Å². The molecule has 2 N–H and O–H groups in total. The quantitative estimate of drug-likeness (QED) is 0.477. The van der Waals surface area contributed by atoms with E-state index in [1.807, 2.05) is 6.92 Å². The molecule has 0 aliphatic heterocycles. The summed E-state index contributed by atoms with van der Waals surface area (Å²) >= 11 is 5.87. The average Bonchev–Trinajstić information content (AvgIpc) is 2.54. The van der Waals surface area contributed by atoms with Crippen molar-refractivity contribution in [2.45, 2.75) is 6.92 Å². The van der Waals surface area contributed by atoms with Crippen molar-refractivity contribution in [1.29, 1.82) is 0 Å². The number of amides is 1. The molecule has 0 saturated heterocycles. The van der Waals surface area contributed by atoms with Gasteiger partial charge in [0.2, 0.25) is 0 Å². The normalized spacial score (nSPS) is 10.6. The topological polar surface area (TPSA) is 96.6 Å². The summed E-state index contributed by atoms with van der Waals surface area (Å²) in [6.07, 6.45) is 1.41. The van der Waals surface area contributed by atoms with E-state index in [0.717, 1.165) is 11.3 Å². The van der Waals surface area contributed by atoms with Crippen molar-refractivity contribution in [2.75, 3.05) is 11.9 Å². The van der Waals surface area contributed by atoms with E-state index < -0.39 is 4.92 Å². The Morgan fingerprint density at radius 3 is 2.62 bits per heavy atom. The molecule has 1 amide bonds. The lowest BCUT2D eigenvalue weighted by Gasteiger charge is -2.08. The van der Waals surface area contributed by atoms with Crippen LogP contribution in [-0.2, 0) is 4.79 Å². The number of rotatable bonds is 6. The number of non-ortho nitro benzene ring substituents is 1. The molecule has 0 fully saturated rings. The highest BCUT2D eigenvalue weighted by Crippen LogP contribution is 2.19. The van der Waals surface area contributed by atoms with E-state index in [-0.39, 0.29) is 18.1 Å². The van der Waals surface area contributed by atoms with Crippen LogP contribution in [0.25, 0.3) is 0 Å². The second kappa shape index (κ2) is 8.07. The van der Waals surface area contributed by atoms with E-state index in [1.54, 1.807) is 30.3 Å². The van der Waals surface area contributed by atoms with Crippen LogP contribution >= 0.6 is 11.6 Å². The van der Waals surface area contributed by atoms with Gasteiger partial charge in [-0.1, -0.05) is 11.6 Å². The molecule has 0 heterocycles. The van der Waals surface area contributed by atoms with Crippen LogP contribution in [0.3, 0.4) is 0 Å². The van der Waals surface area contributed by atoms with E-state index in [9.17, 15) is 14.9 Å². The maximum absolute atomic E-state index is 11.7. The minimum Gasteiger partial charge on any atom is -0.376 e. The van der Waals surface area contributed by atoms with Crippen LogP contribution in [0.1, 0.15) is 11.1 Å². The zero-order valence-corrected chi connectivity index (χ0v) is 13.6. The van der Waals surface area contributed by atoms with Gasteiger partial charge < -0.3 is 5.32 Å². The van der Waals surface area contributed by atoms with Crippen LogP contribution in [-0.4, -0.2) is 23.6 Å². The molecule has 2 aromatic rings. The first-order chi connectivity index (χ1) is 11.5. The van der Waals surface area contributed by atoms with Gasteiger partial charge in [0.1, 0.15) is 0 Å². The third kappa shape index (κ3) is 5.06. The maximum Gasteiger partial charge on any atom is 0.269 e. The minimum atomic E-state index is -0.479. The Bertz CT molecular complexity index is 775. The number of hydrogen-bond acceptors (Lipinski definition) is 5. The molecule has 24 heavy (non-hydrogen) atoms. The molecule has 0 spiro atoms. The van der Waals surface area contributed by atoms with Crippen LogP contribution < -0.4 is 10.7 Å². The smallest absolute Gasteiger partial charge is 0.269 e. The van der Waals surface area contributed by atoms with Crippen LogP contribution in [0.5, 0.6) is 0 Å². The largest absolute Gasteiger partial charge is 0.376 e. The first-order valence-electron chi connectivity index (χ1n) is 7.02. The van der Waals surface area contributed by atoms with Crippen molar-refractivity contribution in [3.8, 4) is 0 Å². The number of carbonyl (C=O) groups excluding carboxylic acids is 1. The fraction of sp³-hybridized carbons (Fsp3) is 0.125. The number of anilines is 1. The molecule has 0 atom stereocenters. The Balaban J connectivity index is 1.83. The number of nitrogens with one attached hydrogen (secondary N) is 2. The summed E-state index contributed by atoms with van der Waals surface area (Å²) in [4.78, 5) is 21.8. The Morgan fingerprint density at radius 1 is 1.29 bits per heavy atom. The van der Waals surface area contributed by atoms with E-state index in [1.165, 1.54) is 18.3 Å². The van der Waals surface area contributed by atoms with Crippen molar-refractivity contribution >= 4 is 35.1 Å². The average molecular weight is 347 g/mol. The van der Waals surface area contributed by atoms with Crippen molar-refractivity contribution in [2.24, 2.45) is 5.10 Å². The number of benzene rings is 2. The number of nitro groups is 1. The fourth-order valence-electron chi connectivity index (χ4n) is 1.90. The Hall–Kier alpha value is -2.93. The Labute approximate surface area is 143 Å². The lowest BCUT2D eigenvalue weighted by Crippen LogP contribution is -2.26. The minimum absolute atomic E-state index is 0.00119. The highest BCUT2D eigenvalue weighted by molar-refractivity contribution is 6.30. The number of nitro benzene ring substituents is 1. The van der Waals surface area contributed by atoms with Gasteiger partial charge in [-0.15, -0.1) is 0 Å². The number of hydrazone groups is 1. The van der Waals surface area contributed by atoms with Crippen LogP contribution in [0.15, 0.2) is 47.6 Å². The second-order valence-corrected chi connectivity index (χ2v) is 5.39. The molecule has 2 aromatic carbocycles. The molecule has 7 nitrogen and oxygen atoms in total. The zero-order valence-electron chi connectivity index (χ0n) is 12.8. The van der Waals surface area contributed by atoms with Crippen LogP contribution in [0, 0.1) is 17.0 Å². The highest BCUT2D eigenvalue weighted by atomic mass is 35.5. The lowest BCUT2D eigenvalue weighted by molar-refractivity contribution is -0.384.